The number of aliphatic hydroxyl groups is 1. The molecule has 0 bridgehead atoms. The highest BCUT2D eigenvalue weighted by atomic mass is 16.5. The number of likely N-dealkylation sites (tertiary alicyclic amines) is 1. The van der Waals surface area contributed by atoms with Gasteiger partial charge in [0.15, 0.2) is 0 Å². The monoisotopic (exact) mass is 282 g/mol. The number of rotatable bonds is 5. The third-order valence-electron chi connectivity index (χ3n) is 5.57. The third kappa shape index (κ3) is 2.76. The second kappa shape index (κ2) is 5.91. The summed E-state index contributed by atoms with van der Waals surface area (Å²) in [5.41, 5.74) is 0.207. The van der Waals surface area contributed by atoms with Crippen LogP contribution in [0.1, 0.15) is 39.5 Å². The molecule has 4 heteroatoms. The molecule has 4 nitrogen and oxygen atoms in total. The maximum absolute atomic E-state index is 10.2. The Kier molecular flexibility index (Phi) is 4.37. The third-order valence-corrected chi connectivity index (χ3v) is 5.57. The van der Waals surface area contributed by atoms with Crippen LogP contribution in [0, 0.1) is 11.3 Å². The number of β-amino-alcohol motifs (C(OH)–C–C–N with tert-alkyl or cyclic N) is 1. The Bertz CT molecular complexity index is 328. The van der Waals surface area contributed by atoms with E-state index in [1.165, 1.54) is 25.7 Å². The van der Waals surface area contributed by atoms with E-state index in [9.17, 15) is 5.11 Å². The second-order valence-corrected chi connectivity index (χ2v) is 7.47. The number of nitrogens with one attached hydrogen (secondary N) is 1. The van der Waals surface area contributed by atoms with Gasteiger partial charge in [0, 0.05) is 37.1 Å². The summed E-state index contributed by atoms with van der Waals surface area (Å²) in [5.74, 6) is 0.651. The largest absolute Gasteiger partial charge is 0.390 e. The molecule has 1 aliphatic carbocycles. The van der Waals surface area contributed by atoms with E-state index in [0.717, 1.165) is 26.2 Å². The summed E-state index contributed by atoms with van der Waals surface area (Å²) in [5, 5.41) is 13.8. The standard InChI is InChI=1S/C16H30N2O2/c1-16(2)14(13-6-5-9-20-15(13)16)17-10-12(19)11-18-7-3-4-8-18/h12-15,17,19H,3-11H2,1-2H3. The molecule has 3 aliphatic rings. The van der Waals surface area contributed by atoms with Crippen LogP contribution >= 0.6 is 0 Å². The van der Waals surface area contributed by atoms with Crippen molar-refractivity contribution in [3.05, 3.63) is 0 Å². The summed E-state index contributed by atoms with van der Waals surface area (Å²) >= 11 is 0. The average Bonchev–Trinajstić information content (AvgIpc) is 2.91. The summed E-state index contributed by atoms with van der Waals surface area (Å²) in [6, 6.07) is 0.501. The predicted molar refractivity (Wildman–Crippen MR) is 79.7 cm³/mol. The van der Waals surface area contributed by atoms with Crippen molar-refractivity contribution in [1.29, 1.82) is 0 Å². The number of hydrogen-bond donors (Lipinski definition) is 2. The molecule has 2 heterocycles. The van der Waals surface area contributed by atoms with Gasteiger partial charge in [0.1, 0.15) is 0 Å². The molecule has 3 fully saturated rings. The van der Waals surface area contributed by atoms with Crippen LogP contribution in [0.3, 0.4) is 0 Å². The SMILES string of the molecule is CC1(C)C(NCC(O)CN2CCCC2)C2CCCOC21. The van der Waals surface area contributed by atoms with Gasteiger partial charge in [-0.05, 0) is 38.8 Å². The summed E-state index contributed by atoms with van der Waals surface area (Å²) in [6.45, 7) is 9.37. The molecular weight excluding hydrogens is 252 g/mol. The van der Waals surface area contributed by atoms with E-state index in [4.69, 9.17) is 4.74 Å². The fraction of sp³-hybridized carbons (Fsp3) is 1.00. The summed E-state index contributed by atoms with van der Waals surface area (Å²) < 4.78 is 5.93. The summed E-state index contributed by atoms with van der Waals surface area (Å²) in [7, 11) is 0. The highest BCUT2D eigenvalue weighted by Crippen LogP contribution is 2.51. The number of nitrogens with zero attached hydrogens (tertiary/aromatic N) is 1. The molecule has 2 N–H and O–H groups in total. The fourth-order valence-corrected chi connectivity index (χ4v) is 4.53. The normalized spacial score (nSPS) is 38.2. The average molecular weight is 282 g/mol. The summed E-state index contributed by atoms with van der Waals surface area (Å²) in [4.78, 5) is 2.38. The molecule has 3 rings (SSSR count). The van der Waals surface area contributed by atoms with Gasteiger partial charge in [0.2, 0.25) is 0 Å². The van der Waals surface area contributed by atoms with Crippen LogP contribution < -0.4 is 5.32 Å². The zero-order chi connectivity index (χ0) is 14.2. The minimum atomic E-state index is -0.243. The van der Waals surface area contributed by atoms with Crippen molar-refractivity contribution in [1.82, 2.24) is 10.2 Å². The number of aliphatic hydroxyl groups excluding tert-OH is 1. The zero-order valence-corrected chi connectivity index (χ0v) is 13.0. The van der Waals surface area contributed by atoms with Gasteiger partial charge < -0.3 is 20.1 Å². The molecule has 116 valence electrons. The first-order chi connectivity index (χ1) is 9.59. The molecule has 0 aromatic heterocycles. The van der Waals surface area contributed by atoms with Crippen LogP contribution in [-0.4, -0.2) is 61.0 Å². The van der Waals surface area contributed by atoms with Crippen LogP contribution in [-0.2, 0) is 4.74 Å². The van der Waals surface area contributed by atoms with Gasteiger partial charge in [-0.3, -0.25) is 0 Å². The summed E-state index contributed by atoms with van der Waals surface area (Å²) in [6.07, 6.45) is 5.21. The molecule has 0 aromatic rings. The lowest BCUT2D eigenvalue weighted by atomic mass is 9.55. The molecule has 0 radical (unpaired) electrons. The van der Waals surface area contributed by atoms with E-state index < -0.39 is 0 Å². The Morgan fingerprint density at radius 3 is 2.80 bits per heavy atom. The zero-order valence-electron chi connectivity index (χ0n) is 13.0. The molecule has 20 heavy (non-hydrogen) atoms. The van der Waals surface area contributed by atoms with Gasteiger partial charge >= 0.3 is 0 Å². The van der Waals surface area contributed by atoms with Crippen LogP contribution in [0.2, 0.25) is 0 Å². The van der Waals surface area contributed by atoms with Gasteiger partial charge in [-0.2, -0.15) is 0 Å². The molecule has 2 aliphatic heterocycles. The van der Waals surface area contributed by atoms with Crippen LogP contribution in [0.5, 0.6) is 0 Å². The minimum absolute atomic E-state index is 0.207. The Labute approximate surface area is 122 Å². The lowest BCUT2D eigenvalue weighted by molar-refractivity contribution is -0.193. The van der Waals surface area contributed by atoms with Crippen LogP contribution in [0.4, 0.5) is 0 Å². The number of hydrogen-bond acceptors (Lipinski definition) is 4. The smallest absolute Gasteiger partial charge is 0.0791 e. The first kappa shape index (κ1) is 14.8. The van der Waals surface area contributed by atoms with Gasteiger partial charge in [-0.25, -0.2) is 0 Å². The van der Waals surface area contributed by atoms with E-state index in [0.29, 0.717) is 24.6 Å². The van der Waals surface area contributed by atoms with E-state index >= 15 is 0 Å². The molecular formula is C16H30N2O2. The fourth-order valence-electron chi connectivity index (χ4n) is 4.53. The van der Waals surface area contributed by atoms with Gasteiger partial charge in [0.05, 0.1) is 12.2 Å². The molecule has 1 saturated carbocycles. The highest BCUT2D eigenvalue weighted by Gasteiger charge is 2.57. The topological polar surface area (TPSA) is 44.7 Å². The van der Waals surface area contributed by atoms with Crippen molar-refractivity contribution in [2.75, 3.05) is 32.8 Å². The van der Waals surface area contributed by atoms with E-state index in [-0.39, 0.29) is 11.5 Å². The number of fused-ring (bicyclic) bond motifs is 1. The molecule has 0 spiro atoms. The van der Waals surface area contributed by atoms with E-state index in [1.54, 1.807) is 0 Å². The Balaban J connectivity index is 1.45. The maximum atomic E-state index is 10.2. The van der Waals surface area contributed by atoms with Gasteiger partial charge in [-0.15, -0.1) is 0 Å². The first-order valence-corrected chi connectivity index (χ1v) is 8.34. The van der Waals surface area contributed by atoms with Crippen LogP contribution in [0.25, 0.3) is 0 Å². The Morgan fingerprint density at radius 2 is 2.05 bits per heavy atom. The molecule has 4 unspecified atom stereocenters. The van der Waals surface area contributed by atoms with Crippen molar-refractivity contribution >= 4 is 0 Å². The lowest BCUT2D eigenvalue weighted by Crippen LogP contribution is -2.70. The van der Waals surface area contributed by atoms with E-state index in [2.05, 4.69) is 24.1 Å². The molecule has 0 amide bonds. The lowest BCUT2D eigenvalue weighted by Gasteiger charge is -2.60. The van der Waals surface area contributed by atoms with Crippen molar-refractivity contribution in [3.63, 3.8) is 0 Å². The van der Waals surface area contributed by atoms with Crippen molar-refractivity contribution in [3.8, 4) is 0 Å². The van der Waals surface area contributed by atoms with E-state index in [1.807, 2.05) is 0 Å². The quantitative estimate of drug-likeness (QED) is 0.796. The maximum Gasteiger partial charge on any atom is 0.0791 e. The van der Waals surface area contributed by atoms with Gasteiger partial charge in [0.25, 0.3) is 0 Å². The van der Waals surface area contributed by atoms with Crippen molar-refractivity contribution in [2.45, 2.75) is 57.8 Å². The van der Waals surface area contributed by atoms with Gasteiger partial charge in [-0.1, -0.05) is 13.8 Å². The Morgan fingerprint density at radius 1 is 1.30 bits per heavy atom. The number of ether oxygens (including phenoxy) is 1. The highest BCUT2D eigenvalue weighted by molar-refractivity contribution is 5.10. The Hall–Kier alpha value is -0.160. The second-order valence-electron chi connectivity index (χ2n) is 7.47. The van der Waals surface area contributed by atoms with Crippen LogP contribution in [0.15, 0.2) is 0 Å². The van der Waals surface area contributed by atoms with Crippen molar-refractivity contribution < 1.29 is 9.84 Å². The molecule has 0 aromatic carbocycles. The predicted octanol–water partition coefficient (Wildman–Crippen LogP) is 1.24. The van der Waals surface area contributed by atoms with Crippen molar-refractivity contribution in [2.24, 2.45) is 11.3 Å². The minimum Gasteiger partial charge on any atom is -0.390 e. The first-order valence-electron chi connectivity index (χ1n) is 8.34. The molecule has 4 atom stereocenters. The molecule has 2 saturated heterocycles.